The van der Waals surface area contributed by atoms with Gasteiger partial charge in [-0.1, -0.05) is 19.4 Å². The zero-order chi connectivity index (χ0) is 9.35. The molecule has 0 aromatic rings. The molecule has 0 radical (unpaired) electrons. The van der Waals surface area contributed by atoms with Crippen LogP contribution in [0, 0.1) is 5.41 Å². The Balaban J connectivity index is 3.00. The van der Waals surface area contributed by atoms with Crippen LogP contribution in [0.1, 0.15) is 47.0 Å². The lowest BCUT2D eigenvalue weighted by molar-refractivity contribution is 0.185. The predicted octanol–water partition coefficient (Wildman–Crippen LogP) is 2.89. The summed E-state index contributed by atoms with van der Waals surface area (Å²) in [6.07, 6.45) is 3.39. The molecular formula is C11H20O. The summed E-state index contributed by atoms with van der Waals surface area (Å²) in [6, 6.07) is 0. The molecule has 1 aliphatic carbocycles. The maximum Gasteiger partial charge on any atom is 0.0729 e. The van der Waals surface area contributed by atoms with Crippen LogP contribution in [0.5, 0.6) is 0 Å². The van der Waals surface area contributed by atoms with Crippen molar-refractivity contribution in [3.05, 3.63) is 11.1 Å². The van der Waals surface area contributed by atoms with Crippen molar-refractivity contribution in [1.29, 1.82) is 0 Å². The molecule has 0 heterocycles. The topological polar surface area (TPSA) is 20.2 Å². The number of rotatable bonds is 1. The lowest BCUT2D eigenvalue weighted by Gasteiger charge is -2.36. The molecule has 1 N–H and O–H groups in total. The van der Waals surface area contributed by atoms with Gasteiger partial charge in [0.25, 0.3) is 0 Å². The first-order valence-electron chi connectivity index (χ1n) is 4.83. The minimum Gasteiger partial charge on any atom is -0.389 e. The van der Waals surface area contributed by atoms with Gasteiger partial charge < -0.3 is 5.11 Å². The van der Waals surface area contributed by atoms with Crippen molar-refractivity contribution >= 4 is 0 Å². The van der Waals surface area contributed by atoms with Gasteiger partial charge in [-0.3, -0.25) is 0 Å². The molecule has 70 valence electrons. The fraction of sp³-hybridized carbons (Fsp3) is 0.818. The zero-order valence-electron chi connectivity index (χ0n) is 8.65. The Morgan fingerprint density at radius 1 is 1.42 bits per heavy atom. The van der Waals surface area contributed by atoms with Gasteiger partial charge in [-0.25, -0.2) is 0 Å². The van der Waals surface area contributed by atoms with E-state index in [0.717, 1.165) is 0 Å². The monoisotopic (exact) mass is 168 g/mol. The van der Waals surface area contributed by atoms with Crippen LogP contribution in [0.2, 0.25) is 0 Å². The number of allylic oxidation sites excluding steroid dienone is 1. The molecule has 0 spiro atoms. The van der Waals surface area contributed by atoms with Crippen LogP contribution in [0.3, 0.4) is 0 Å². The minimum atomic E-state index is -0.264. The third-order valence-electron chi connectivity index (χ3n) is 2.96. The highest BCUT2D eigenvalue weighted by atomic mass is 16.3. The van der Waals surface area contributed by atoms with E-state index in [9.17, 15) is 5.11 Å². The van der Waals surface area contributed by atoms with Gasteiger partial charge in [0, 0.05) is 0 Å². The van der Waals surface area contributed by atoms with Gasteiger partial charge in [0.05, 0.1) is 6.10 Å². The fourth-order valence-electron chi connectivity index (χ4n) is 2.56. The van der Waals surface area contributed by atoms with Crippen molar-refractivity contribution in [3.8, 4) is 0 Å². The molecule has 1 rings (SSSR count). The normalized spacial score (nSPS) is 25.8. The second-order valence-electron chi connectivity index (χ2n) is 4.61. The quantitative estimate of drug-likeness (QED) is 0.597. The number of aliphatic hydroxyl groups is 1. The molecule has 1 nitrogen and oxygen atoms in total. The van der Waals surface area contributed by atoms with E-state index in [1.807, 2.05) is 6.92 Å². The summed E-state index contributed by atoms with van der Waals surface area (Å²) < 4.78 is 0. The molecular weight excluding hydrogens is 148 g/mol. The highest BCUT2D eigenvalue weighted by Crippen LogP contribution is 2.41. The summed E-state index contributed by atoms with van der Waals surface area (Å²) in [6.45, 7) is 8.50. The Hall–Kier alpha value is -0.300. The van der Waals surface area contributed by atoms with Gasteiger partial charge in [0.2, 0.25) is 0 Å². The molecule has 1 heteroatoms. The Morgan fingerprint density at radius 3 is 2.33 bits per heavy atom. The molecule has 0 aliphatic heterocycles. The Bertz CT molecular complexity index is 199. The summed E-state index contributed by atoms with van der Waals surface area (Å²) in [5, 5.41) is 9.63. The van der Waals surface area contributed by atoms with E-state index >= 15 is 0 Å². The number of aliphatic hydroxyl groups excluding tert-OH is 1. The SMILES string of the molecule is CC1=C(C(C)O)C(C)(C)CCC1. The molecule has 0 saturated carbocycles. The summed E-state index contributed by atoms with van der Waals surface area (Å²) in [5.74, 6) is 0. The van der Waals surface area contributed by atoms with E-state index in [4.69, 9.17) is 0 Å². The average Bonchev–Trinajstić information content (AvgIpc) is 1.82. The standard InChI is InChI=1S/C11H20O/c1-8-6-5-7-11(3,4)10(8)9(2)12/h9,12H,5-7H2,1-4H3. The van der Waals surface area contributed by atoms with Crippen molar-refractivity contribution in [1.82, 2.24) is 0 Å². The van der Waals surface area contributed by atoms with Gasteiger partial charge in [-0.05, 0) is 44.1 Å². The first-order valence-corrected chi connectivity index (χ1v) is 4.83. The van der Waals surface area contributed by atoms with E-state index in [2.05, 4.69) is 20.8 Å². The molecule has 0 bridgehead atoms. The van der Waals surface area contributed by atoms with Crippen LogP contribution < -0.4 is 0 Å². The van der Waals surface area contributed by atoms with E-state index in [1.54, 1.807) is 0 Å². The second kappa shape index (κ2) is 3.21. The van der Waals surface area contributed by atoms with Crippen molar-refractivity contribution in [3.63, 3.8) is 0 Å². The third-order valence-corrected chi connectivity index (χ3v) is 2.96. The molecule has 0 amide bonds. The van der Waals surface area contributed by atoms with Crippen LogP contribution in [0.4, 0.5) is 0 Å². The van der Waals surface area contributed by atoms with Crippen LogP contribution in [0.15, 0.2) is 11.1 Å². The van der Waals surface area contributed by atoms with Crippen LogP contribution in [-0.2, 0) is 0 Å². The number of hydrogen-bond acceptors (Lipinski definition) is 1. The Labute approximate surface area is 75.5 Å². The van der Waals surface area contributed by atoms with Crippen molar-refractivity contribution in [2.45, 2.75) is 53.1 Å². The summed E-state index contributed by atoms with van der Waals surface area (Å²) in [4.78, 5) is 0. The summed E-state index contributed by atoms with van der Waals surface area (Å²) in [7, 11) is 0. The van der Waals surface area contributed by atoms with Gasteiger partial charge in [-0.2, -0.15) is 0 Å². The van der Waals surface area contributed by atoms with E-state index < -0.39 is 0 Å². The lowest BCUT2D eigenvalue weighted by atomic mass is 9.71. The Morgan fingerprint density at radius 2 is 2.00 bits per heavy atom. The minimum absolute atomic E-state index is 0.219. The average molecular weight is 168 g/mol. The maximum absolute atomic E-state index is 9.63. The second-order valence-corrected chi connectivity index (χ2v) is 4.61. The van der Waals surface area contributed by atoms with E-state index in [-0.39, 0.29) is 11.5 Å². The van der Waals surface area contributed by atoms with Gasteiger partial charge >= 0.3 is 0 Å². The first-order chi connectivity index (χ1) is 5.45. The van der Waals surface area contributed by atoms with Gasteiger partial charge in [-0.15, -0.1) is 0 Å². The summed E-state index contributed by atoms with van der Waals surface area (Å²) in [5.41, 5.74) is 2.89. The van der Waals surface area contributed by atoms with Crippen molar-refractivity contribution < 1.29 is 5.11 Å². The highest BCUT2D eigenvalue weighted by molar-refractivity contribution is 5.25. The number of hydrogen-bond donors (Lipinski definition) is 1. The molecule has 0 aromatic heterocycles. The molecule has 12 heavy (non-hydrogen) atoms. The van der Waals surface area contributed by atoms with Gasteiger partial charge in [0.15, 0.2) is 0 Å². The third kappa shape index (κ3) is 1.71. The molecule has 1 aliphatic rings. The van der Waals surface area contributed by atoms with E-state index in [1.165, 1.54) is 30.4 Å². The highest BCUT2D eigenvalue weighted by Gasteiger charge is 2.30. The largest absolute Gasteiger partial charge is 0.389 e. The fourth-order valence-corrected chi connectivity index (χ4v) is 2.56. The van der Waals surface area contributed by atoms with Crippen LogP contribution in [0.25, 0.3) is 0 Å². The van der Waals surface area contributed by atoms with Crippen LogP contribution >= 0.6 is 0 Å². The van der Waals surface area contributed by atoms with E-state index in [0.29, 0.717) is 0 Å². The Kier molecular flexibility index (Phi) is 2.62. The molecule has 0 aromatic carbocycles. The van der Waals surface area contributed by atoms with Crippen molar-refractivity contribution in [2.24, 2.45) is 5.41 Å². The van der Waals surface area contributed by atoms with Gasteiger partial charge in [0.1, 0.15) is 0 Å². The lowest BCUT2D eigenvalue weighted by Crippen LogP contribution is -2.27. The van der Waals surface area contributed by atoms with Crippen molar-refractivity contribution in [2.75, 3.05) is 0 Å². The smallest absolute Gasteiger partial charge is 0.0729 e. The van der Waals surface area contributed by atoms with Crippen LogP contribution in [-0.4, -0.2) is 11.2 Å². The molecule has 0 saturated heterocycles. The molecule has 1 atom stereocenters. The molecule has 0 fully saturated rings. The molecule has 1 unspecified atom stereocenters. The first kappa shape index (κ1) is 9.79. The predicted molar refractivity (Wildman–Crippen MR) is 52.0 cm³/mol. The maximum atomic E-state index is 9.63. The zero-order valence-corrected chi connectivity index (χ0v) is 8.65. The summed E-state index contributed by atoms with van der Waals surface area (Å²) >= 11 is 0.